The predicted molar refractivity (Wildman–Crippen MR) is 96.0 cm³/mol. The number of nitrogens with zero attached hydrogens (tertiary/aromatic N) is 2. The summed E-state index contributed by atoms with van der Waals surface area (Å²) in [5, 5.41) is 1.48. The van der Waals surface area contributed by atoms with Crippen LogP contribution in [0.3, 0.4) is 0 Å². The maximum Gasteiger partial charge on any atom is 0.0485 e. The van der Waals surface area contributed by atoms with Gasteiger partial charge in [0, 0.05) is 41.5 Å². The van der Waals surface area contributed by atoms with Crippen LogP contribution in [0, 0.1) is 13.8 Å². The van der Waals surface area contributed by atoms with Crippen molar-refractivity contribution in [1.82, 2.24) is 9.55 Å². The minimum Gasteiger partial charge on any atom is -0.344 e. The van der Waals surface area contributed by atoms with Crippen molar-refractivity contribution < 1.29 is 0 Å². The molecule has 1 aliphatic rings. The molecule has 0 bridgehead atoms. The summed E-state index contributed by atoms with van der Waals surface area (Å²) in [6.45, 7) is 5.32. The SMILES string of the molecule is Cc1ccc(CCn2c3c(c4cc(C)ccc42)CCCC3)nc1. The first-order valence-electron chi connectivity index (χ1n) is 8.74. The molecule has 2 nitrogen and oxygen atoms in total. The maximum atomic E-state index is 4.57. The Morgan fingerprint density at radius 1 is 1.00 bits per heavy atom. The molecule has 23 heavy (non-hydrogen) atoms. The van der Waals surface area contributed by atoms with Gasteiger partial charge in [-0.2, -0.15) is 0 Å². The topological polar surface area (TPSA) is 17.8 Å². The van der Waals surface area contributed by atoms with Gasteiger partial charge < -0.3 is 4.57 Å². The third-order valence-corrected chi connectivity index (χ3v) is 5.10. The molecule has 1 aromatic carbocycles. The van der Waals surface area contributed by atoms with Gasteiger partial charge in [0.2, 0.25) is 0 Å². The van der Waals surface area contributed by atoms with Crippen molar-refractivity contribution in [3.63, 3.8) is 0 Å². The van der Waals surface area contributed by atoms with Crippen molar-refractivity contribution in [3.05, 3.63) is 64.6 Å². The van der Waals surface area contributed by atoms with Gasteiger partial charge in [-0.25, -0.2) is 0 Å². The van der Waals surface area contributed by atoms with Crippen LogP contribution in [0.4, 0.5) is 0 Å². The number of hydrogen-bond donors (Lipinski definition) is 0. The van der Waals surface area contributed by atoms with Gasteiger partial charge in [-0.15, -0.1) is 0 Å². The second kappa shape index (κ2) is 5.84. The summed E-state index contributed by atoms with van der Waals surface area (Å²) in [7, 11) is 0. The molecule has 4 rings (SSSR count). The smallest absolute Gasteiger partial charge is 0.0485 e. The van der Waals surface area contributed by atoms with Crippen LogP contribution >= 0.6 is 0 Å². The first-order chi connectivity index (χ1) is 11.2. The number of pyridine rings is 1. The summed E-state index contributed by atoms with van der Waals surface area (Å²) in [4.78, 5) is 4.57. The zero-order valence-corrected chi connectivity index (χ0v) is 14.1. The fraction of sp³-hybridized carbons (Fsp3) is 0.381. The molecule has 0 N–H and O–H groups in total. The number of aryl methyl sites for hydroxylation is 5. The van der Waals surface area contributed by atoms with E-state index in [0.717, 1.165) is 13.0 Å². The molecule has 0 aliphatic heterocycles. The van der Waals surface area contributed by atoms with E-state index in [9.17, 15) is 0 Å². The molecule has 0 radical (unpaired) electrons. The fourth-order valence-corrected chi connectivity index (χ4v) is 3.88. The molecular weight excluding hydrogens is 280 g/mol. The van der Waals surface area contributed by atoms with Crippen LogP contribution in [0.2, 0.25) is 0 Å². The zero-order valence-electron chi connectivity index (χ0n) is 14.1. The van der Waals surface area contributed by atoms with Crippen LogP contribution in [0.15, 0.2) is 36.5 Å². The number of hydrogen-bond acceptors (Lipinski definition) is 1. The Bertz CT molecular complexity index is 840. The first-order valence-corrected chi connectivity index (χ1v) is 8.74. The summed E-state index contributed by atoms with van der Waals surface area (Å²) in [5.74, 6) is 0. The molecule has 0 saturated heterocycles. The van der Waals surface area contributed by atoms with Crippen molar-refractivity contribution in [3.8, 4) is 0 Å². The molecule has 0 amide bonds. The van der Waals surface area contributed by atoms with Crippen LogP contribution in [-0.2, 0) is 25.8 Å². The van der Waals surface area contributed by atoms with E-state index < -0.39 is 0 Å². The normalized spacial score (nSPS) is 14.2. The van der Waals surface area contributed by atoms with E-state index in [1.807, 2.05) is 6.20 Å². The fourth-order valence-electron chi connectivity index (χ4n) is 3.88. The van der Waals surface area contributed by atoms with Crippen molar-refractivity contribution in [1.29, 1.82) is 0 Å². The predicted octanol–water partition coefficient (Wildman–Crippen LogP) is 4.77. The number of rotatable bonds is 3. The molecule has 0 spiro atoms. The summed E-state index contributed by atoms with van der Waals surface area (Å²) in [6.07, 6.45) is 8.10. The van der Waals surface area contributed by atoms with Crippen molar-refractivity contribution in [2.75, 3.05) is 0 Å². The molecule has 118 valence electrons. The van der Waals surface area contributed by atoms with Gasteiger partial charge in [-0.1, -0.05) is 17.7 Å². The van der Waals surface area contributed by atoms with E-state index in [1.54, 1.807) is 11.3 Å². The lowest BCUT2D eigenvalue weighted by molar-refractivity contribution is 0.609. The second-order valence-corrected chi connectivity index (χ2v) is 6.88. The van der Waals surface area contributed by atoms with Gasteiger partial charge in [0.25, 0.3) is 0 Å². The van der Waals surface area contributed by atoms with Gasteiger partial charge in [0.1, 0.15) is 0 Å². The number of aromatic nitrogens is 2. The highest BCUT2D eigenvalue weighted by molar-refractivity contribution is 5.86. The minimum atomic E-state index is 1.00. The highest BCUT2D eigenvalue weighted by atomic mass is 15.0. The van der Waals surface area contributed by atoms with Crippen LogP contribution < -0.4 is 0 Å². The molecule has 2 heterocycles. The van der Waals surface area contributed by atoms with E-state index in [-0.39, 0.29) is 0 Å². The molecular formula is C21H24N2. The van der Waals surface area contributed by atoms with E-state index in [2.05, 4.69) is 53.7 Å². The Labute approximate surface area is 138 Å². The summed E-state index contributed by atoms with van der Waals surface area (Å²) in [6, 6.07) is 11.3. The van der Waals surface area contributed by atoms with Gasteiger partial charge in [0.15, 0.2) is 0 Å². The van der Waals surface area contributed by atoms with Crippen LogP contribution in [-0.4, -0.2) is 9.55 Å². The Balaban J connectivity index is 1.72. The van der Waals surface area contributed by atoms with Crippen molar-refractivity contribution in [2.45, 2.75) is 52.5 Å². The standard InChI is InChI=1S/C21H24N2/c1-15-8-10-21-19(13-15)18-5-3-4-6-20(18)23(21)12-11-17-9-7-16(2)14-22-17/h7-10,13-14H,3-6,11-12H2,1-2H3. The van der Waals surface area contributed by atoms with E-state index in [1.165, 1.54) is 53.4 Å². The minimum absolute atomic E-state index is 1.00. The van der Waals surface area contributed by atoms with Crippen LogP contribution in [0.5, 0.6) is 0 Å². The highest BCUT2D eigenvalue weighted by Crippen LogP contribution is 2.33. The van der Waals surface area contributed by atoms with Crippen LogP contribution in [0.1, 0.15) is 40.9 Å². The van der Waals surface area contributed by atoms with Gasteiger partial charge in [-0.05, 0) is 68.9 Å². The highest BCUT2D eigenvalue weighted by Gasteiger charge is 2.19. The quantitative estimate of drug-likeness (QED) is 0.681. The Kier molecular flexibility index (Phi) is 3.68. The number of fused-ring (bicyclic) bond motifs is 3. The molecule has 2 heteroatoms. The third-order valence-electron chi connectivity index (χ3n) is 5.10. The molecule has 0 saturated carbocycles. The Morgan fingerprint density at radius 3 is 2.65 bits per heavy atom. The van der Waals surface area contributed by atoms with E-state index in [0.29, 0.717) is 0 Å². The molecule has 2 aromatic heterocycles. The molecule has 1 aliphatic carbocycles. The average Bonchev–Trinajstić information content (AvgIpc) is 2.88. The Morgan fingerprint density at radius 2 is 1.83 bits per heavy atom. The summed E-state index contributed by atoms with van der Waals surface area (Å²) < 4.78 is 2.56. The molecule has 0 fully saturated rings. The monoisotopic (exact) mass is 304 g/mol. The van der Waals surface area contributed by atoms with Crippen LogP contribution in [0.25, 0.3) is 10.9 Å². The van der Waals surface area contributed by atoms with Gasteiger partial charge >= 0.3 is 0 Å². The molecule has 3 aromatic rings. The van der Waals surface area contributed by atoms with Gasteiger partial charge in [0.05, 0.1) is 0 Å². The second-order valence-electron chi connectivity index (χ2n) is 6.88. The number of benzene rings is 1. The zero-order chi connectivity index (χ0) is 15.8. The summed E-state index contributed by atoms with van der Waals surface area (Å²) in [5.41, 5.74) is 8.37. The largest absolute Gasteiger partial charge is 0.344 e. The lowest BCUT2D eigenvalue weighted by atomic mass is 9.95. The first kappa shape index (κ1) is 14.5. The molecule has 0 atom stereocenters. The average molecular weight is 304 g/mol. The van der Waals surface area contributed by atoms with Gasteiger partial charge in [-0.3, -0.25) is 4.98 Å². The maximum absolute atomic E-state index is 4.57. The van der Waals surface area contributed by atoms with Crippen molar-refractivity contribution in [2.24, 2.45) is 0 Å². The lowest BCUT2D eigenvalue weighted by Gasteiger charge is -2.16. The lowest BCUT2D eigenvalue weighted by Crippen LogP contribution is -2.10. The van der Waals surface area contributed by atoms with Crippen molar-refractivity contribution >= 4 is 10.9 Å². The third kappa shape index (κ3) is 2.67. The summed E-state index contributed by atoms with van der Waals surface area (Å²) >= 11 is 0. The Hall–Kier alpha value is -2.09. The molecule has 0 unspecified atom stereocenters. The van der Waals surface area contributed by atoms with E-state index in [4.69, 9.17) is 0 Å². The van der Waals surface area contributed by atoms with E-state index >= 15 is 0 Å².